The van der Waals surface area contributed by atoms with Gasteiger partial charge >= 0.3 is 148 Å². The van der Waals surface area contributed by atoms with Crippen molar-refractivity contribution in [3.8, 4) is 0 Å². The normalized spacial score (nSPS) is 14.2. The molecule has 2 nitrogen and oxygen atoms in total. The van der Waals surface area contributed by atoms with Crippen LogP contribution >= 0.6 is 20.8 Å². The zero-order valence-corrected chi connectivity index (χ0v) is 18.2. The van der Waals surface area contributed by atoms with Gasteiger partial charge in [0.2, 0.25) is 0 Å². The molecule has 0 spiro atoms. The van der Waals surface area contributed by atoms with Crippen molar-refractivity contribution in [1.82, 2.24) is 0 Å². The maximum absolute atomic E-state index is 5.92. The molecule has 0 fully saturated rings. The van der Waals surface area contributed by atoms with Crippen LogP contribution in [0.4, 0.5) is 0 Å². The summed E-state index contributed by atoms with van der Waals surface area (Å²) in [6, 6.07) is 0. The van der Waals surface area contributed by atoms with Crippen molar-refractivity contribution in [2.45, 2.75) is 79.4 Å². The first-order chi connectivity index (χ1) is 10.5. The summed E-state index contributed by atoms with van der Waals surface area (Å²) in [6.45, 7) is 12.5. The second-order valence-corrected chi connectivity index (χ2v) is 17.9. The molecule has 0 aromatic carbocycles. The number of unbranched alkanes of at least 4 members (excludes halogenated alkanes) is 3. The Hall–Kier alpha value is 0.830. The van der Waals surface area contributed by atoms with Gasteiger partial charge in [0, 0.05) is 0 Å². The van der Waals surface area contributed by atoms with Crippen LogP contribution in [0.1, 0.15) is 73.1 Å². The van der Waals surface area contributed by atoms with Crippen molar-refractivity contribution in [2.75, 3.05) is 37.9 Å². The molecule has 4 heteroatoms. The molecule has 0 aliphatic heterocycles. The molecule has 0 aromatic heterocycles. The van der Waals surface area contributed by atoms with Crippen molar-refractivity contribution in [3.05, 3.63) is 0 Å². The summed E-state index contributed by atoms with van der Waals surface area (Å²) in [7, 11) is 0. The molecule has 0 aliphatic carbocycles. The molecule has 0 amide bonds. The molecule has 22 heavy (non-hydrogen) atoms. The molecule has 0 N–H and O–H groups in total. The van der Waals surface area contributed by atoms with E-state index < -0.39 is 5.31 Å². The summed E-state index contributed by atoms with van der Waals surface area (Å²) in [5.74, 6) is 0. The third-order valence-corrected chi connectivity index (χ3v) is 14.1. The molecule has 0 saturated heterocycles. The Bertz CT molecular complexity index is 243. The van der Waals surface area contributed by atoms with Gasteiger partial charge in [-0.15, -0.1) is 0 Å². The standard InChI is InChI=1S/C18H40BrO2P/c1-6-11-14-22(19,15-12-7-2,16-13-8-3)17-18(20-9-4)21-10-5/h18H,6-17H2,1-5H3. The van der Waals surface area contributed by atoms with Gasteiger partial charge in [-0.05, 0) is 0 Å². The first kappa shape index (κ1) is 22.8. The summed E-state index contributed by atoms with van der Waals surface area (Å²) in [4.78, 5) is 0. The zero-order valence-electron chi connectivity index (χ0n) is 15.7. The van der Waals surface area contributed by atoms with Crippen molar-refractivity contribution in [1.29, 1.82) is 0 Å². The van der Waals surface area contributed by atoms with E-state index in [4.69, 9.17) is 9.47 Å². The van der Waals surface area contributed by atoms with E-state index in [0.29, 0.717) is 0 Å². The van der Waals surface area contributed by atoms with Gasteiger partial charge in [0.25, 0.3) is 0 Å². The monoisotopic (exact) mass is 398 g/mol. The molecule has 0 aliphatic rings. The van der Waals surface area contributed by atoms with Crippen molar-refractivity contribution >= 4 is 20.8 Å². The van der Waals surface area contributed by atoms with Gasteiger partial charge < -0.3 is 0 Å². The number of hydrogen-bond donors (Lipinski definition) is 0. The first-order valence-electron chi connectivity index (χ1n) is 9.43. The van der Waals surface area contributed by atoms with Gasteiger partial charge in [0.1, 0.15) is 0 Å². The summed E-state index contributed by atoms with van der Waals surface area (Å²) in [5.41, 5.74) is 0. The predicted octanol–water partition coefficient (Wildman–Crippen LogP) is 6.65. The molecular formula is C18H40BrO2P. The molecule has 136 valence electrons. The van der Waals surface area contributed by atoms with Crippen LogP contribution in [-0.4, -0.2) is 44.2 Å². The Morgan fingerprint density at radius 2 is 1.09 bits per heavy atom. The summed E-state index contributed by atoms with van der Waals surface area (Å²) < 4.78 is 11.8. The summed E-state index contributed by atoms with van der Waals surface area (Å²) >= 11 is 4.41. The second-order valence-electron chi connectivity index (χ2n) is 6.57. The van der Waals surface area contributed by atoms with Crippen LogP contribution in [-0.2, 0) is 9.47 Å². The van der Waals surface area contributed by atoms with E-state index >= 15 is 0 Å². The van der Waals surface area contributed by atoms with Gasteiger partial charge in [-0.3, -0.25) is 0 Å². The van der Waals surface area contributed by atoms with Gasteiger partial charge in [0.05, 0.1) is 0 Å². The third kappa shape index (κ3) is 8.62. The van der Waals surface area contributed by atoms with Crippen LogP contribution in [0.15, 0.2) is 0 Å². The average Bonchev–Trinajstić information content (AvgIpc) is 2.50. The second kappa shape index (κ2) is 12.2. The topological polar surface area (TPSA) is 18.5 Å². The van der Waals surface area contributed by atoms with Crippen LogP contribution in [0.3, 0.4) is 0 Å². The molecule has 0 radical (unpaired) electrons. The molecule has 0 heterocycles. The zero-order chi connectivity index (χ0) is 16.9. The molecule has 0 unspecified atom stereocenters. The molecular weight excluding hydrogens is 359 g/mol. The quantitative estimate of drug-likeness (QED) is 0.227. The molecule has 0 aromatic rings. The van der Waals surface area contributed by atoms with Crippen LogP contribution < -0.4 is 0 Å². The van der Waals surface area contributed by atoms with Gasteiger partial charge in [0.15, 0.2) is 0 Å². The number of ether oxygens (including phenoxy) is 2. The maximum atomic E-state index is 5.92. The van der Waals surface area contributed by atoms with Crippen LogP contribution in [0.5, 0.6) is 0 Å². The minimum absolute atomic E-state index is 0.0300. The summed E-state index contributed by atoms with van der Waals surface area (Å²) in [6.07, 6.45) is 12.9. The van der Waals surface area contributed by atoms with Crippen LogP contribution in [0.25, 0.3) is 0 Å². The van der Waals surface area contributed by atoms with E-state index in [1.165, 1.54) is 57.0 Å². The van der Waals surface area contributed by atoms with E-state index in [9.17, 15) is 0 Å². The minimum atomic E-state index is -1.92. The van der Waals surface area contributed by atoms with E-state index in [-0.39, 0.29) is 6.29 Å². The van der Waals surface area contributed by atoms with E-state index in [0.717, 1.165) is 19.4 Å². The van der Waals surface area contributed by atoms with Gasteiger partial charge in [-0.2, -0.15) is 0 Å². The van der Waals surface area contributed by atoms with Crippen molar-refractivity contribution < 1.29 is 9.47 Å². The fraction of sp³-hybridized carbons (Fsp3) is 1.00. The average molecular weight is 399 g/mol. The number of rotatable bonds is 15. The van der Waals surface area contributed by atoms with Crippen LogP contribution in [0.2, 0.25) is 0 Å². The Morgan fingerprint density at radius 3 is 1.36 bits per heavy atom. The fourth-order valence-electron chi connectivity index (χ4n) is 3.17. The van der Waals surface area contributed by atoms with E-state index in [1.54, 1.807) is 0 Å². The van der Waals surface area contributed by atoms with Crippen LogP contribution in [0, 0.1) is 0 Å². The third-order valence-electron chi connectivity index (χ3n) is 4.52. The SMILES string of the molecule is CCCCP(Br)(CCCC)(CCCC)CC(OCC)OCC. The molecule has 0 bridgehead atoms. The van der Waals surface area contributed by atoms with Crippen molar-refractivity contribution in [3.63, 3.8) is 0 Å². The predicted molar refractivity (Wildman–Crippen MR) is 107 cm³/mol. The number of hydrogen-bond acceptors (Lipinski definition) is 2. The Balaban J connectivity index is 5.26. The molecule has 0 atom stereocenters. The number of halogens is 1. The van der Waals surface area contributed by atoms with Gasteiger partial charge in [-0.25, -0.2) is 0 Å². The van der Waals surface area contributed by atoms with Gasteiger partial charge in [-0.1, -0.05) is 0 Å². The molecule has 0 rings (SSSR count). The fourth-order valence-corrected chi connectivity index (χ4v) is 11.6. The summed E-state index contributed by atoms with van der Waals surface area (Å²) in [5, 5.41) is -1.92. The van der Waals surface area contributed by atoms with Crippen molar-refractivity contribution in [2.24, 2.45) is 0 Å². The Morgan fingerprint density at radius 1 is 0.727 bits per heavy atom. The Kier molecular flexibility index (Phi) is 12.7. The van der Waals surface area contributed by atoms with E-state index in [2.05, 4.69) is 50.1 Å². The first-order valence-corrected chi connectivity index (χ1v) is 14.4. The molecule has 0 saturated carbocycles. The Labute approximate surface area is 147 Å². The van der Waals surface area contributed by atoms with E-state index in [1.807, 2.05) is 0 Å².